The van der Waals surface area contributed by atoms with Gasteiger partial charge in [0, 0.05) is 15.6 Å². The van der Waals surface area contributed by atoms with E-state index in [1.807, 2.05) is 0 Å². The minimum atomic E-state index is -0.619. The summed E-state index contributed by atoms with van der Waals surface area (Å²) in [5.74, 6) is -1.59. The second-order valence-electron chi connectivity index (χ2n) is 6.55. The fourth-order valence-electron chi connectivity index (χ4n) is 2.94. The number of amides is 2. The summed E-state index contributed by atoms with van der Waals surface area (Å²) in [5.41, 5.74) is 3.52. The number of hydrogen-bond acceptors (Lipinski definition) is 4. The van der Waals surface area contributed by atoms with Gasteiger partial charge in [0.05, 0.1) is 11.3 Å². The van der Waals surface area contributed by atoms with Crippen LogP contribution in [-0.2, 0) is 9.59 Å². The molecule has 1 heterocycles. The van der Waals surface area contributed by atoms with E-state index in [4.69, 9.17) is 27.9 Å². The zero-order valence-corrected chi connectivity index (χ0v) is 17.4. The Bertz CT molecular complexity index is 1210. The molecule has 0 unspecified atom stereocenters. The number of ether oxygens (including phenoxy) is 1. The number of halogens is 2. The topological polar surface area (TPSA) is 75.7 Å². The van der Waals surface area contributed by atoms with E-state index in [9.17, 15) is 14.4 Å². The summed E-state index contributed by atoms with van der Waals surface area (Å²) < 4.78 is 5.48. The number of nitrogens with one attached hydrogen (secondary N) is 1. The van der Waals surface area contributed by atoms with Crippen molar-refractivity contribution in [1.82, 2.24) is 5.43 Å². The van der Waals surface area contributed by atoms with Gasteiger partial charge in [-0.2, -0.15) is 0 Å². The van der Waals surface area contributed by atoms with Crippen LogP contribution in [0.2, 0.25) is 10.0 Å². The molecule has 3 aromatic carbocycles. The van der Waals surface area contributed by atoms with Gasteiger partial charge in [0.15, 0.2) is 0 Å². The van der Waals surface area contributed by atoms with Crippen LogP contribution in [0.4, 0.5) is 5.69 Å². The lowest BCUT2D eigenvalue weighted by atomic mass is 10.1. The third kappa shape index (κ3) is 4.45. The lowest BCUT2D eigenvalue weighted by Gasteiger charge is -2.14. The van der Waals surface area contributed by atoms with Gasteiger partial charge >= 0.3 is 5.97 Å². The maximum Gasteiger partial charge on any atom is 0.343 e. The molecule has 1 aliphatic heterocycles. The first-order valence-corrected chi connectivity index (χ1v) is 9.87. The maximum absolute atomic E-state index is 12.8. The van der Waals surface area contributed by atoms with Crippen molar-refractivity contribution in [2.45, 2.75) is 0 Å². The Balaban J connectivity index is 1.65. The van der Waals surface area contributed by atoms with Crippen LogP contribution >= 0.6 is 23.2 Å². The van der Waals surface area contributed by atoms with Crippen molar-refractivity contribution in [3.63, 3.8) is 0 Å². The predicted molar refractivity (Wildman–Crippen MR) is 118 cm³/mol. The molecule has 2 amide bonds. The molecule has 0 aromatic heterocycles. The number of benzene rings is 3. The predicted octanol–water partition coefficient (Wildman–Crippen LogP) is 4.67. The molecule has 8 heteroatoms. The normalized spacial score (nSPS) is 14.6. The third-order valence-electron chi connectivity index (χ3n) is 4.46. The molecule has 0 saturated carbocycles. The molecule has 4 rings (SSSR count). The first-order chi connectivity index (χ1) is 14.9. The Morgan fingerprint density at radius 2 is 1.58 bits per heavy atom. The van der Waals surface area contributed by atoms with Crippen LogP contribution in [0.15, 0.2) is 78.4 Å². The van der Waals surface area contributed by atoms with E-state index in [0.717, 1.165) is 5.01 Å². The average Bonchev–Trinajstić information content (AvgIpc) is 3.05. The summed E-state index contributed by atoms with van der Waals surface area (Å²) in [6.45, 7) is 0. The Hall–Kier alpha value is -3.61. The number of rotatable bonds is 4. The van der Waals surface area contributed by atoms with Crippen LogP contribution in [0.25, 0.3) is 6.08 Å². The standard InChI is InChI=1S/C23H14Cl2N2O4/c24-16-8-6-14(7-9-16)23(30)31-20-11-10-17(25)12-15(20)13-19-21(28)26-27(22(19)29)18-4-2-1-3-5-18/h1-13H,(H,26,28)/b19-13-. The fourth-order valence-corrected chi connectivity index (χ4v) is 3.25. The number of carbonyl (C=O) groups excluding carboxylic acids is 3. The monoisotopic (exact) mass is 452 g/mol. The van der Waals surface area contributed by atoms with Gasteiger partial charge in [-0.15, -0.1) is 0 Å². The molecule has 1 N–H and O–H groups in total. The molecule has 6 nitrogen and oxygen atoms in total. The van der Waals surface area contributed by atoms with Crippen molar-refractivity contribution >= 4 is 52.7 Å². The van der Waals surface area contributed by atoms with Gasteiger partial charge in [0.25, 0.3) is 11.8 Å². The van der Waals surface area contributed by atoms with E-state index in [2.05, 4.69) is 5.43 Å². The summed E-state index contributed by atoms with van der Waals surface area (Å²) in [6, 6.07) is 19.4. The van der Waals surface area contributed by atoms with E-state index in [1.165, 1.54) is 30.3 Å². The highest BCUT2D eigenvalue weighted by molar-refractivity contribution is 6.32. The first-order valence-electron chi connectivity index (χ1n) is 9.12. The summed E-state index contributed by atoms with van der Waals surface area (Å²) in [7, 11) is 0. The van der Waals surface area contributed by atoms with Crippen molar-refractivity contribution < 1.29 is 19.1 Å². The van der Waals surface area contributed by atoms with E-state index in [0.29, 0.717) is 26.9 Å². The Kier molecular flexibility index (Phi) is 5.75. The number of hydrazine groups is 1. The first kappa shape index (κ1) is 20.7. The molecule has 31 heavy (non-hydrogen) atoms. The Labute approximate surface area is 187 Å². The molecule has 1 saturated heterocycles. The SMILES string of the molecule is O=C1NN(c2ccccc2)C(=O)/C1=C\c1cc(Cl)ccc1OC(=O)c1ccc(Cl)cc1. The molecule has 1 fully saturated rings. The summed E-state index contributed by atoms with van der Waals surface area (Å²) in [5, 5.41) is 1.99. The highest BCUT2D eigenvalue weighted by atomic mass is 35.5. The minimum absolute atomic E-state index is 0.116. The number of hydrogen-bond donors (Lipinski definition) is 1. The van der Waals surface area contributed by atoms with Crippen molar-refractivity contribution in [1.29, 1.82) is 0 Å². The molecule has 0 bridgehead atoms. The summed E-state index contributed by atoms with van der Waals surface area (Å²) in [4.78, 5) is 37.8. The second-order valence-corrected chi connectivity index (χ2v) is 7.43. The lowest BCUT2D eigenvalue weighted by Crippen LogP contribution is -2.35. The molecule has 1 aliphatic rings. The molecule has 0 spiro atoms. The van der Waals surface area contributed by atoms with Gasteiger partial charge in [0.2, 0.25) is 0 Å². The van der Waals surface area contributed by atoms with Gasteiger partial charge < -0.3 is 4.74 Å². The van der Waals surface area contributed by atoms with Gasteiger partial charge in [-0.05, 0) is 60.7 Å². The van der Waals surface area contributed by atoms with Gasteiger partial charge in [0.1, 0.15) is 11.3 Å². The average molecular weight is 453 g/mol. The quantitative estimate of drug-likeness (QED) is 0.270. The smallest absolute Gasteiger partial charge is 0.343 e. The number of nitrogens with zero attached hydrogens (tertiary/aromatic N) is 1. The van der Waals surface area contributed by atoms with Gasteiger partial charge in [-0.1, -0.05) is 41.4 Å². The molecule has 3 aromatic rings. The molecule has 0 radical (unpaired) electrons. The van der Waals surface area contributed by atoms with E-state index >= 15 is 0 Å². The Morgan fingerprint density at radius 1 is 0.903 bits per heavy atom. The number of carbonyl (C=O) groups is 3. The number of esters is 1. The highest BCUT2D eigenvalue weighted by Gasteiger charge is 2.34. The van der Waals surface area contributed by atoms with Gasteiger partial charge in [-0.3, -0.25) is 15.0 Å². The van der Waals surface area contributed by atoms with Gasteiger partial charge in [-0.25, -0.2) is 9.80 Å². The van der Waals surface area contributed by atoms with Crippen LogP contribution in [0, 0.1) is 0 Å². The summed E-state index contributed by atoms with van der Waals surface area (Å²) >= 11 is 11.9. The molecule has 154 valence electrons. The second kappa shape index (κ2) is 8.63. The van der Waals surface area contributed by atoms with Crippen molar-refractivity contribution in [3.8, 4) is 5.75 Å². The van der Waals surface area contributed by atoms with Crippen LogP contribution in [-0.4, -0.2) is 17.8 Å². The zero-order chi connectivity index (χ0) is 22.0. The fraction of sp³-hybridized carbons (Fsp3) is 0. The van der Waals surface area contributed by atoms with Crippen molar-refractivity contribution in [3.05, 3.63) is 99.5 Å². The number of anilines is 1. The number of para-hydroxylation sites is 1. The van der Waals surface area contributed by atoms with Crippen LogP contribution in [0.3, 0.4) is 0 Å². The van der Waals surface area contributed by atoms with Crippen LogP contribution in [0.5, 0.6) is 5.75 Å². The lowest BCUT2D eigenvalue weighted by molar-refractivity contribution is -0.117. The Morgan fingerprint density at radius 3 is 2.29 bits per heavy atom. The van der Waals surface area contributed by atoms with Crippen LogP contribution < -0.4 is 15.2 Å². The van der Waals surface area contributed by atoms with E-state index in [1.54, 1.807) is 48.5 Å². The molecule has 0 aliphatic carbocycles. The molecule has 0 atom stereocenters. The van der Waals surface area contributed by atoms with Crippen molar-refractivity contribution in [2.75, 3.05) is 5.01 Å². The molecular formula is C23H14Cl2N2O4. The van der Waals surface area contributed by atoms with Crippen molar-refractivity contribution in [2.24, 2.45) is 0 Å². The van der Waals surface area contributed by atoms with Crippen LogP contribution in [0.1, 0.15) is 15.9 Å². The minimum Gasteiger partial charge on any atom is -0.422 e. The largest absolute Gasteiger partial charge is 0.422 e. The molecular weight excluding hydrogens is 439 g/mol. The summed E-state index contributed by atoms with van der Waals surface area (Å²) in [6.07, 6.45) is 1.34. The highest BCUT2D eigenvalue weighted by Crippen LogP contribution is 2.28. The van der Waals surface area contributed by atoms with E-state index < -0.39 is 17.8 Å². The third-order valence-corrected chi connectivity index (χ3v) is 4.95. The zero-order valence-electron chi connectivity index (χ0n) is 15.8. The maximum atomic E-state index is 12.8. The van der Waals surface area contributed by atoms with E-state index in [-0.39, 0.29) is 11.3 Å².